The number of carboxylic acid groups (broad SMARTS) is 1. The summed E-state index contributed by atoms with van der Waals surface area (Å²) in [6, 6.07) is 15.9. The van der Waals surface area contributed by atoms with Gasteiger partial charge in [-0.2, -0.15) is 0 Å². The zero-order valence-corrected chi connectivity index (χ0v) is 19.9. The second-order valence-electron chi connectivity index (χ2n) is 8.43. The fourth-order valence-corrected chi connectivity index (χ4v) is 4.77. The molecule has 0 atom stereocenters. The molecule has 2 amide bonds. The smallest absolute Gasteiger partial charge is 0.352 e. The number of nitrogens with one attached hydrogen (secondary N) is 2. The van der Waals surface area contributed by atoms with Gasteiger partial charge in [-0.1, -0.05) is 30.9 Å². The van der Waals surface area contributed by atoms with Crippen molar-refractivity contribution in [3.8, 4) is 5.69 Å². The van der Waals surface area contributed by atoms with Crippen LogP contribution in [-0.4, -0.2) is 34.3 Å². The summed E-state index contributed by atoms with van der Waals surface area (Å²) < 4.78 is 1.60. The molecule has 2 aromatic carbocycles. The Morgan fingerprint density at radius 1 is 1.06 bits per heavy atom. The van der Waals surface area contributed by atoms with E-state index in [4.69, 9.17) is 11.6 Å². The lowest BCUT2D eigenvalue weighted by atomic mass is 9.93. The van der Waals surface area contributed by atoms with Crippen LogP contribution in [0.1, 0.15) is 49.5 Å². The molecule has 0 spiro atoms. The lowest BCUT2D eigenvalue weighted by molar-refractivity contribution is 0.0688. The van der Waals surface area contributed by atoms with Crippen LogP contribution in [-0.2, 0) is 0 Å². The summed E-state index contributed by atoms with van der Waals surface area (Å²) in [7, 11) is 0. The van der Waals surface area contributed by atoms with Crippen molar-refractivity contribution in [1.82, 2.24) is 4.57 Å². The van der Waals surface area contributed by atoms with Gasteiger partial charge in [0.25, 0.3) is 0 Å². The number of benzene rings is 2. The van der Waals surface area contributed by atoms with Crippen molar-refractivity contribution in [2.75, 3.05) is 22.1 Å². The van der Waals surface area contributed by atoms with Crippen molar-refractivity contribution in [1.29, 1.82) is 0 Å². The highest BCUT2D eigenvalue weighted by Crippen LogP contribution is 2.34. The van der Waals surface area contributed by atoms with Crippen LogP contribution in [0.3, 0.4) is 0 Å². The first-order valence-corrected chi connectivity index (χ1v) is 12.0. The molecule has 0 radical (unpaired) electrons. The first-order chi connectivity index (χ1) is 16.5. The van der Waals surface area contributed by atoms with Crippen LogP contribution in [0.15, 0.2) is 60.8 Å². The number of anilines is 3. The quantitative estimate of drug-likeness (QED) is 0.354. The van der Waals surface area contributed by atoms with Crippen molar-refractivity contribution in [3.05, 3.63) is 71.5 Å². The standard InChI is InChI=1S/C26H29ClN4O3/c1-2-30(20-7-4-3-5-8-20)23-15-14-21(31-16-6-9-24(31)25(32)33)17-22(23)29-26(34)28-19-12-10-18(27)11-13-19/h6,9-17,20H,2-5,7-8H2,1H3,(H,32,33)(H2,28,29,34). The van der Waals surface area contributed by atoms with Gasteiger partial charge in [0.05, 0.1) is 11.4 Å². The highest BCUT2D eigenvalue weighted by Gasteiger charge is 2.23. The molecule has 1 aromatic heterocycles. The number of aromatic carboxylic acids is 1. The van der Waals surface area contributed by atoms with Gasteiger partial charge in [0, 0.05) is 35.2 Å². The van der Waals surface area contributed by atoms with Gasteiger partial charge < -0.3 is 25.2 Å². The van der Waals surface area contributed by atoms with E-state index in [1.807, 2.05) is 18.2 Å². The molecular weight excluding hydrogens is 452 g/mol. The minimum absolute atomic E-state index is 0.156. The molecule has 1 fully saturated rings. The Balaban J connectivity index is 1.68. The number of nitrogens with zero attached hydrogens (tertiary/aromatic N) is 2. The second-order valence-corrected chi connectivity index (χ2v) is 8.87. The predicted molar refractivity (Wildman–Crippen MR) is 137 cm³/mol. The summed E-state index contributed by atoms with van der Waals surface area (Å²) in [6.45, 7) is 2.93. The SMILES string of the molecule is CCN(c1ccc(-n2cccc2C(=O)O)cc1NC(=O)Nc1ccc(Cl)cc1)C1CCCCC1. The summed E-state index contributed by atoms with van der Waals surface area (Å²) in [5.41, 5.74) is 2.99. The second kappa shape index (κ2) is 10.7. The minimum Gasteiger partial charge on any atom is -0.477 e. The van der Waals surface area contributed by atoms with E-state index >= 15 is 0 Å². The summed E-state index contributed by atoms with van der Waals surface area (Å²) in [5, 5.41) is 16.0. The molecule has 0 aliphatic heterocycles. The van der Waals surface area contributed by atoms with Crippen LogP contribution in [0.25, 0.3) is 5.69 Å². The van der Waals surface area contributed by atoms with Crippen LogP contribution in [0, 0.1) is 0 Å². The lowest BCUT2D eigenvalue weighted by Gasteiger charge is -2.36. The molecule has 3 N–H and O–H groups in total. The molecule has 1 saturated carbocycles. The van der Waals surface area contributed by atoms with Crippen molar-refractivity contribution in [2.24, 2.45) is 0 Å². The first kappa shape index (κ1) is 23.7. The number of urea groups is 1. The third-order valence-corrected chi connectivity index (χ3v) is 6.49. The maximum Gasteiger partial charge on any atom is 0.352 e. The number of aromatic nitrogens is 1. The maximum absolute atomic E-state index is 12.9. The molecule has 3 aromatic rings. The van der Waals surface area contributed by atoms with Gasteiger partial charge in [-0.15, -0.1) is 0 Å². The number of carbonyl (C=O) groups is 2. The number of hydrogen-bond acceptors (Lipinski definition) is 3. The van der Waals surface area contributed by atoms with Gasteiger partial charge in [0.15, 0.2) is 0 Å². The topological polar surface area (TPSA) is 86.6 Å². The van der Waals surface area contributed by atoms with Crippen LogP contribution in [0.5, 0.6) is 0 Å². The maximum atomic E-state index is 12.9. The monoisotopic (exact) mass is 480 g/mol. The molecule has 0 unspecified atom stereocenters. The summed E-state index contributed by atoms with van der Waals surface area (Å²) in [5.74, 6) is -1.01. The van der Waals surface area contributed by atoms with E-state index in [9.17, 15) is 14.7 Å². The van der Waals surface area contributed by atoms with Crippen LogP contribution in [0.2, 0.25) is 5.02 Å². The number of carboxylic acids is 1. The molecule has 34 heavy (non-hydrogen) atoms. The Bertz CT molecular complexity index is 1150. The molecule has 0 bridgehead atoms. The first-order valence-electron chi connectivity index (χ1n) is 11.6. The molecule has 1 heterocycles. The largest absolute Gasteiger partial charge is 0.477 e. The van der Waals surface area contributed by atoms with Gasteiger partial charge >= 0.3 is 12.0 Å². The molecular formula is C26H29ClN4O3. The molecule has 4 rings (SSSR count). The number of amides is 2. The average molecular weight is 481 g/mol. The lowest BCUT2D eigenvalue weighted by Crippen LogP contribution is -2.37. The third-order valence-electron chi connectivity index (χ3n) is 6.24. The zero-order valence-electron chi connectivity index (χ0n) is 19.1. The van der Waals surface area contributed by atoms with Crippen LogP contribution in [0.4, 0.5) is 21.9 Å². The summed E-state index contributed by atoms with van der Waals surface area (Å²) >= 11 is 5.95. The molecule has 1 aliphatic carbocycles. The van der Waals surface area contributed by atoms with Crippen molar-refractivity contribution < 1.29 is 14.7 Å². The van der Waals surface area contributed by atoms with Crippen molar-refractivity contribution in [2.45, 2.75) is 45.1 Å². The Morgan fingerprint density at radius 3 is 2.47 bits per heavy atom. The third kappa shape index (κ3) is 5.37. The minimum atomic E-state index is -1.01. The highest BCUT2D eigenvalue weighted by atomic mass is 35.5. The van der Waals surface area contributed by atoms with Gasteiger partial charge in [-0.05, 0) is 74.4 Å². The van der Waals surface area contributed by atoms with E-state index in [2.05, 4.69) is 22.5 Å². The van der Waals surface area contributed by atoms with E-state index in [-0.39, 0.29) is 11.7 Å². The fourth-order valence-electron chi connectivity index (χ4n) is 4.64. The number of hydrogen-bond donors (Lipinski definition) is 3. The Hall–Kier alpha value is -3.45. The summed E-state index contributed by atoms with van der Waals surface area (Å²) in [4.78, 5) is 26.9. The molecule has 8 heteroatoms. The molecule has 178 valence electrons. The van der Waals surface area contributed by atoms with Crippen molar-refractivity contribution in [3.63, 3.8) is 0 Å². The number of halogens is 1. The molecule has 0 saturated heterocycles. The zero-order chi connectivity index (χ0) is 24.1. The normalized spacial score (nSPS) is 13.9. The summed E-state index contributed by atoms with van der Waals surface area (Å²) in [6.07, 6.45) is 7.59. The van der Waals surface area contributed by atoms with E-state index in [0.717, 1.165) is 25.1 Å². The van der Waals surface area contributed by atoms with E-state index in [1.54, 1.807) is 47.2 Å². The van der Waals surface area contributed by atoms with Crippen molar-refractivity contribution >= 4 is 40.7 Å². The highest BCUT2D eigenvalue weighted by molar-refractivity contribution is 6.30. The number of carbonyl (C=O) groups excluding carboxylic acids is 1. The van der Waals surface area contributed by atoms with Gasteiger partial charge in [0.1, 0.15) is 5.69 Å². The fraction of sp³-hybridized carbons (Fsp3) is 0.308. The van der Waals surface area contributed by atoms with E-state index in [0.29, 0.717) is 28.1 Å². The Morgan fingerprint density at radius 2 is 1.79 bits per heavy atom. The molecule has 7 nitrogen and oxygen atoms in total. The average Bonchev–Trinajstić information content (AvgIpc) is 3.33. The Kier molecular flexibility index (Phi) is 7.43. The van der Waals surface area contributed by atoms with Gasteiger partial charge in [-0.25, -0.2) is 9.59 Å². The van der Waals surface area contributed by atoms with Crippen LogP contribution >= 0.6 is 11.6 Å². The van der Waals surface area contributed by atoms with Gasteiger partial charge in [0.2, 0.25) is 0 Å². The van der Waals surface area contributed by atoms with E-state index in [1.165, 1.54) is 19.3 Å². The van der Waals surface area contributed by atoms with Crippen LogP contribution < -0.4 is 15.5 Å². The van der Waals surface area contributed by atoms with Gasteiger partial charge in [-0.3, -0.25) is 0 Å². The number of rotatable bonds is 7. The predicted octanol–water partition coefficient (Wildman–Crippen LogP) is 6.63. The molecule has 1 aliphatic rings. The Labute approximate surface area is 204 Å². The van der Waals surface area contributed by atoms with E-state index < -0.39 is 5.97 Å².